The Morgan fingerprint density at radius 1 is 0.839 bits per heavy atom. The molecule has 31 heavy (non-hydrogen) atoms. The van der Waals surface area contributed by atoms with Crippen LogP contribution in [-0.2, 0) is 11.4 Å². The minimum absolute atomic E-state index is 0.183. The normalized spacial score (nSPS) is 12.6. The summed E-state index contributed by atoms with van der Waals surface area (Å²) in [5.74, 6) is 1.59. The van der Waals surface area contributed by atoms with Crippen LogP contribution in [0, 0.1) is 0 Å². The number of hydrogen-bond donors (Lipinski definition) is 1. The molecule has 4 heteroatoms. The maximum atomic E-state index is 13.0. The number of ether oxygens (including phenoxy) is 2. The lowest BCUT2D eigenvalue weighted by atomic mass is 9.98. The number of anilines is 1. The van der Waals surface area contributed by atoms with E-state index in [1.54, 1.807) is 0 Å². The molecule has 0 saturated carbocycles. The standard InChI is InChI=1S/C27H31NO3/c1-4-20(3)22-15-9-11-17-25(22)31-24(5-2)27(29)28-23-16-10-12-18-26(23)30-19-21-13-7-6-8-14-21/h6-18,20,24H,4-5,19H2,1-3H3,(H,28,29). The fourth-order valence-corrected chi connectivity index (χ4v) is 3.33. The molecule has 0 aliphatic heterocycles. The van der Waals surface area contributed by atoms with Crippen molar-refractivity contribution in [3.8, 4) is 11.5 Å². The second-order valence-corrected chi connectivity index (χ2v) is 7.62. The van der Waals surface area contributed by atoms with E-state index in [1.165, 1.54) is 0 Å². The molecule has 2 atom stereocenters. The number of nitrogens with one attached hydrogen (secondary N) is 1. The molecule has 0 radical (unpaired) electrons. The van der Waals surface area contributed by atoms with Gasteiger partial charge in [0.1, 0.15) is 18.1 Å². The fourth-order valence-electron chi connectivity index (χ4n) is 3.33. The van der Waals surface area contributed by atoms with E-state index in [2.05, 4.69) is 25.2 Å². The summed E-state index contributed by atoms with van der Waals surface area (Å²) in [6.07, 6.45) is 0.982. The molecule has 0 fully saturated rings. The number of amides is 1. The number of hydrogen-bond acceptors (Lipinski definition) is 3. The molecular weight excluding hydrogens is 386 g/mol. The van der Waals surface area contributed by atoms with Crippen molar-refractivity contribution in [2.75, 3.05) is 5.32 Å². The van der Waals surface area contributed by atoms with Gasteiger partial charge in [-0.3, -0.25) is 4.79 Å². The zero-order chi connectivity index (χ0) is 22.1. The van der Waals surface area contributed by atoms with Crippen LogP contribution in [0.3, 0.4) is 0 Å². The van der Waals surface area contributed by atoms with Gasteiger partial charge in [-0.2, -0.15) is 0 Å². The van der Waals surface area contributed by atoms with Gasteiger partial charge in [-0.1, -0.05) is 81.4 Å². The van der Waals surface area contributed by atoms with Gasteiger partial charge in [0, 0.05) is 0 Å². The Labute approximate surface area is 185 Å². The smallest absolute Gasteiger partial charge is 0.265 e. The van der Waals surface area contributed by atoms with Gasteiger partial charge in [0.05, 0.1) is 5.69 Å². The molecule has 0 bridgehead atoms. The van der Waals surface area contributed by atoms with Gasteiger partial charge in [-0.05, 0) is 48.1 Å². The number of benzene rings is 3. The minimum atomic E-state index is -0.590. The molecule has 1 amide bonds. The molecule has 0 spiro atoms. The number of carbonyl (C=O) groups excluding carboxylic acids is 1. The second kappa shape index (κ2) is 11.2. The summed E-state index contributed by atoms with van der Waals surface area (Å²) in [6, 6.07) is 25.4. The first-order valence-corrected chi connectivity index (χ1v) is 10.9. The lowest BCUT2D eigenvalue weighted by Crippen LogP contribution is -2.32. The van der Waals surface area contributed by atoms with Crippen LogP contribution in [0.5, 0.6) is 11.5 Å². The van der Waals surface area contributed by atoms with Crippen LogP contribution < -0.4 is 14.8 Å². The van der Waals surface area contributed by atoms with E-state index in [1.807, 2.05) is 79.7 Å². The van der Waals surface area contributed by atoms with Crippen LogP contribution in [0.2, 0.25) is 0 Å². The third-order valence-corrected chi connectivity index (χ3v) is 5.38. The van der Waals surface area contributed by atoms with Gasteiger partial charge in [0.2, 0.25) is 0 Å². The molecule has 1 N–H and O–H groups in total. The van der Waals surface area contributed by atoms with E-state index in [0.29, 0.717) is 30.4 Å². The lowest BCUT2D eigenvalue weighted by molar-refractivity contribution is -0.122. The fraction of sp³-hybridized carbons (Fsp3) is 0.296. The highest BCUT2D eigenvalue weighted by Crippen LogP contribution is 2.30. The van der Waals surface area contributed by atoms with Crippen LogP contribution in [0.4, 0.5) is 5.69 Å². The molecule has 162 valence electrons. The predicted molar refractivity (Wildman–Crippen MR) is 126 cm³/mol. The number of rotatable bonds is 10. The van der Waals surface area contributed by atoms with Crippen molar-refractivity contribution in [3.63, 3.8) is 0 Å². The highest BCUT2D eigenvalue weighted by atomic mass is 16.5. The topological polar surface area (TPSA) is 47.6 Å². The van der Waals surface area contributed by atoms with E-state index < -0.39 is 6.10 Å². The summed E-state index contributed by atoms with van der Waals surface area (Å²) in [6.45, 7) is 6.71. The van der Waals surface area contributed by atoms with Crippen LogP contribution in [0.25, 0.3) is 0 Å². The Balaban J connectivity index is 1.70. The Morgan fingerprint density at radius 3 is 2.19 bits per heavy atom. The molecule has 2 unspecified atom stereocenters. The first kappa shape index (κ1) is 22.4. The lowest BCUT2D eigenvalue weighted by Gasteiger charge is -2.22. The summed E-state index contributed by atoms with van der Waals surface area (Å²) >= 11 is 0. The summed E-state index contributed by atoms with van der Waals surface area (Å²) in [5, 5.41) is 2.99. The Morgan fingerprint density at radius 2 is 1.48 bits per heavy atom. The molecule has 4 nitrogen and oxygen atoms in total. The van der Waals surface area contributed by atoms with Crippen molar-refractivity contribution < 1.29 is 14.3 Å². The molecule has 3 aromatic rings. The molecular formula is C27H31NO3. The molecule has 0 aliphatic carbocycles. The van der Waals surface area contributed by atoms with Gasteiger partial charge in [-0.25, -0.2) is 0 Å². The molecule has 0 aliphatic rings. The summed E-state index contributed by atoms with van der Waals surface area (Å²) in [7, 11) is 0. The molecule has 0 saturated heterocycles. The minimum Gasteiger partial charge on any atom is -0.487 e. The van der Waals surface area contributed by atoms with Crippen molar-refractivity contribution in [2.45, 2.75) is 52.2 Å². The van der Waals surface area contributed by atoms with E-state index in [9.17, 15) is 4.79 Å². The zero-order valence-electron chi connectivity index (χ0n) is 18.5. The SMILES string of the molecule is CCC(Oc1ccccc1C(C)CC)C(=O)Nc1ccccc1OCc1ccccc1. The second-order valence-electron chi connectivity index (χ2n) is 7.62. The Hall–Kier alpha value is -3.27. The van der Waals surface area contributed by atoms with E-state index in [-0.39, 0.29) is 5.91 Å². The van der Waals surface area contributed by atoms with Gasteiger partial charge in [0.15, 0.2) is 6.10 Å². The highest BCUT2D eigenvalue weighted by molar-refractivity contribution is 5.95. The van der Waals surface area contributed by atoms with Gasteiger partial charge in [0.25, 0.3) is 5.91 Å². The first-order valence-electron chi connectivity index (χ1n) is 10.9. The summed E-state index contributed by atoms with van der Waals surface area (Å²) in [5.41, 5.74) is 2.84. The third kappa shape index (κ3) is 6.11. The van der Waals surface area contributed by atoms with Crippen molar-refractivity contribution in [1.82, 2.24) is 0 Å². The largest absolute Gasteiger partial charge is 0.487 e. The van der Waals surface area contributed by atoms with E-state index >= 15 is 0 Å². The van der Waals surface area contributed by atoms with Crippen molar-refractivity contribution in [2.24, 2.45) is 0 Å². The molecule has 0 heterocycles. The zero-order valence-corrected chi connectivity index (χ0v) is 18.5. The maximum Gasteiger partial charge on any atom is 0.265 e. The van der Waals surface area contributed by atoms with E-state index in [4.69, 9.17) is 9.47 Å². The number of para-hydroxylation sites is 3. The highest BCUT2D eigenvalue weighted by Gasteiger charge is 2.22. The summed E-state index contributed by atoms with van der Waals surface area (Å²) < 4.78 is 12.1. The average Bonchev–Trinajstić information content (AvgIpc) is 2.82. The maximum absolute atomic E-state index is 13.0. The monoisotopic (exact) mass is 417 g/mol. The van der Waals surface area contributed by atoms with Gasteiger partial charge in [-0.15, -0.1) is 0 Å². The van der Waals surface area contributed by atoms with Gasteiger partial charge < -0.3 is 14.8 Å². The summed E-state index contributed by atoms with van der Waals surface area (Å²) in [4.78, 5) is 13.0. The van der Waals surface area contributed by atoms with E-state index in [0.717, 1.165) is 23.3 Å². The van der Waals surface area contributed by atoms with Crippen LogP contribution in [-0.4, -0.2) is 12.0 Å². The van der Waals surface area contributed by atoms with Crippen LogP contribution >= 0.6 is 0 Å². The number of carbonyl (C=O) groups is 1. The van der Waals surface area contributed by atoms with Gasteiger partial charge >= 0.3 is 0 Å². The van der Waals surface area contributed by atoms with Crippen molar-refractivity contribution in [3.05, 3.63) is 90.0 Å². The predicted octanol–water partition coefficient (Wildman–Crippen LogP) is 6.58. The van der Waals surface area contributed by atoms with Crippen LogP contribution in [0.15, 0.2) is 78.9 Å². The van der Waals surface area contributed by atoms with Crippen molar-refractivity contribution >= 4 is 11.6 Å². The molecule has 0 aromatic heterocycles. The van der Waals surface area contributed by atoms with Crippen molar-refractivity contribution in [1.29, 1.82) is 0 Å². The average molecular weight is 418 g/mol. The molecule has 3 rings (SSSR count). The first-order chi connectivity index (χ1) is 15.1. The van der Waals surface area contributed by atoms with Crippen LogP contribution in [0.1, 0.15) is 50.7 Å². The Kier molecular flexibility index (Phi) is 8.11. The Bertz CT molecular complexity index is 971. The quantitative estimate of drug-likeness (QED) is 0.405. The third-order valence-electron chi connectivity index (χ3n) is 5.38. The molecule has 3 aromatic carbocycles.